The van der Waals surface area contributed by atoms with E-state index in [1.807, 2.05) is 0 Å². The Balaban J connectivity index is 2.72. The second-order valence-corrected chi connectivity index (χ2v) is 2.93. The standard InChI is InChI=1S/C11H12N2O2/c1-2-3-10(14)13-9-6-4-8(5-7-9)11(12)15/h2-7H,1H3,(H2,12,15)(H,13,14)/b3-2+. The number of nitrogens with one attached hydrogen (secondary N) is 1. The van der Waals surface area contributed by atoms with E-state index >= 15 is 0 Å². The van der Waals surface area contributed by atoms with Gasteiger partial charge in [-0.25, -0.2) is 0 Å². The maximum Gasteiger partial charge on any atom is 0.248 e. The summed E-state index contributed by atoms with van der Waals surface area (Å²) in [6, 6.07) is 6.38. The van der Waals surface area contributed by atoms with Crippen molar-refractivity contribution in [3.05, 3.63) is 42.0 Å². The van der Waals surface area contributed by atoms with Gasteiger partial charge in [-0.3, -0.25) is 9.59 Å². The molecule has 0 aliphatic heterocycles. The lowest BCUT2D eigenvalue weighted by molar-refractivity contribution is -0.111. The summed E-state index contributed by atoms with van der Waals surface area (Å²) in [7, 11) is 0. The summed E-state index contributed by atoms with van der Waals surface area (Å²) in [5, 5.41) is 2.63. The summed E-state index contributed by atoms with van der Waals surface area (Å²) in [4.78, 5) is 21.9. The molecular formula is C11H12N2O2. The minimum absolute atomic E-state index is 0.204. The second kappa shape index (κ2) is 4.95. The van der Waals surface area contributed by atoms with Crippen LogP contribution in [0.15, 0.2) is 36.4 Å². The summed E-state index contributed by atoms with van der Waals surface area (Å²) in [5.41, 5.74) is 6.12. The molecule has 0 unspecified atom stereocenters. The number of anilines is 1. The molecule has 0 heterocycles. The van der Waals surface area contributed by atoms with Crippen LogP contribution < -0.4 is 11.1 Å². The van der Waals surface area contributed by atoms with Crippen LogP contribution in [0, 0.1) is 0 Å². The molecule has 0 saturated heterocycles. The van der Waals surface area contributed by atoms with Gasteiger partial charge in [-0.2, -0.15) is 0 Å². The maximum atomic E-state index is 11.1. The van der Waals surface area contributed by atoms with Gasteiger partial charge in [-0.1, -0.05) is 6.08 Å². The van der Waals surface area contributed by atoms with E-state index < -0.39 is 5.91 Å². The highest BCUT2D eigenvalue weighted by Gasteiger charge is 2.00. The fourth-order valence-electron chi connectivity index (χ4n) is 1.05. The van der Waals surface area contributed by atoms with Crippen LogP contribution in [0.4, 0.5) is 5.69 Å². The molecular weight excluding hydrogens is 192 g/mol. The molecule has 78 valence electrons. The lowest BCUT2D eigenvalue weighted by Gasteiger charge is -2.02. The van der Waals surface area contributed by atoms with E-state index in [4.69, 9.17) is 5.73 Å². The molecule has 15 heavy (non-hydrogen) atoms. The first-order chi connectivity index (χ1) is 7.13. The molecule has 4 nitrogen and oxygen atoms in total. The van der Waals surface area contributed by atoms with E-state index in [2.05, 4.69) is 5.32 Å². The highest BCUT2D eigenvalue weighted by molar-refractivity contribution is 5.99. The Morgan fingerprint density at radius 1 is 1.27 bits per heavy atom. The van der Waals surface area contributed by atoms with Crippen molar-refractivity contribution >= 4 is 17.5 Å². The summed E-state index contributed by atoms with van der Waals surface area (Å²) >= 11 is 0. The molecule has 3 N–H and O–H groups in total. The fraction of sp³-hybridized carbons (Fsp3) is 0.0909. The number of rotatable bonds is 3. The fourth-order valence-corrected chi connectivity index (χ4v) is 1.05. The van der Waals surface area contributed by atoms with Crippen molar-refractivity contribution in [2.24, 2.45) is 5.73 Å². The average molecular weight is 204 g/mol. The summed E-state index contributed by atoms with van der Waals surface area (Å²) < 4.78 is 0. The predicted molar refractivity (Wildman–Crippen MR) is 58.4 cm³/mol. The summed E-state index contributed by atoms with van der Waals surface area (Å²) in [6.07, 6.45) is 3.06. The zero-order valence-electron chi connectivity index (χ0n) is 8.36. The molecule has 0 saturated carbocycles. The first kappa shape index (κ1) is 11.0. The third-order valence-corrected chi connectivity index (χ3v) is 1.75. The smallest absolute Gasteiger partial charge is 0.248 e. The van der Waals surface area contributed by atoms with Gasteiger partial charge in [0, 0.05) is 11.3 Å². The van der Waals surface area contributed by atoms with Crippen LogP contribution in [-0.4, -0.2) is 11.8 Å². The molecule has 0 bridgehead atoms. The first-order valence-electron chi connectivity index (χ1n) is 4.47. The molecule has 0 spiro atoms. The average Bonchev–Trinajstić information content (AvgIpc) is 2.18. The number of amides is 2. The Hall–Kier alpha value is -2.10. The Kier molecular flexibility index (Phi) is 3.62. The number of carbonyl (C=O) groups is 2. The van der Waals surface area contributed by atoms with Crippen LogP contribution >= 0.6 is 0 Å². The van der Waals surface area contributed by atoms with Crippen molar-refractivity contribution in [2.45, 2.75) is 6.92 Å². The maximum absolute atomic E-state index is 11.1. The van der Waals surface area contributed by atoms with Crippen molar-refractivity contribution in [3.8, 4) is 0 Å². The Morgan fingerprint density at radius 3 is 2.33 bits per heavy atom. The van der Waals surface area contributed by atoms with Crippen molar-refractivity contribution in [2.75, 3.05) is 5.32 Å². The Labute approximate surface area is 87.8 Å². The van der Waals surface area contributed by atoms with Gasteiger partial charge in [0.15, 0.2) is 0 Å². The van der Waals surface area contributed by atoms with Gasteiger partial charge < -0.3 is 11.1 Å². The lowest BCUT2D eigenvalue weighted by Crippen LogP contribution is -2.11. The van der Waals surface area contributed by atoms with Gasteiger partial charge in [0.1, 0.15) is 0 Å². The largest absolute Gasteiger partial charge is 0.366 e. The highest BCUT2D eigenvalue weighted by Crippen LogP contribution is 2.08. The molecule has 0 fully saturated rings. The number of primary amides is 1. The van der Waals surface area contributed by atoms with Gasteiger partial charge >= 0.3 is 0 Å². The summed E-state index contributed by atoms with van der Waals surface area (Å²) in [5.74, 6) is -0.689. The minimum Gasteiger partial charge on any atom is -0.366 e. The van der Waals surface area contributed by atoms with E-state index in [0.717, 1.165) is 0 Å². The minimum atomic E-state index is -0.485. The SMILES string of the molecule is C/C=C/C(=O)Nc1ccc(C(N)=O)cc1. The van der Waals surface area contributed by atoms with E-state index in [-0.39, 0.29) is 5.91 Å². The Bertz CT molecular complexity index is 394. The number of allylic oxidation sites excluding steroid dienone is 1. The molecule has 0 atom stereocenters. The Morgan fingerprint density at radius 2 is 1.87 bits per heavy atom. The number of hydrogen-bond acceptors (Lipinski definition) is 2. The summed E-state index contributed by atoms with van der Waals surface area (Å²) in [6.45, 7) is 1.76. The molecule has 1 aromatic carbocycles. The van der Waals surface area contributed by atoms with Crippen molar-refractivity contribution in [3.63, 3.8) is 0 Å². The highest BCUT2D eigenvalue weighted by atomic mass is 16.1. The van der Waals surface area contributed by atoms with E-state index in [9.17, 15) is 9.59 Å². The normalized spacial score (nSPS) is 10.2. The topological polar surface area (TPSA) is 72.2 Å². The molecule has 4 heteroatoms. The molecule has 0 aliphatic rings. The van der Waals surface area contributed by atoms with Crippen LogP contribution in [0.1, 0.15) is 17.3 Å². The van der Waals surface area contributed by atoms with Crippen LogP contribution in [0.25, 0.3) is 0 Å². The predicted octanol–water partition coefficient (Wildman–Crippen LogP) is 1.30. The van der Waals surface area contributed by atoms with Gasteiger partial charge in [0.2, 0.25) is 11.8 Å². The van der Waals surface area contributed by atoms with Gasteiger partial charge in [0.25, 0.3) is 0 Å². The monoisotopic (exact) mass is 204 g/mol. The van der Waals surface area contributed by atoms with Gasteiger partial charge in [-0.05, 0) is 37.3 Å². The van der Waals surface area contributed by atoms with Gasteiger partial charge in [0.05, 0.1) is 0 Å². The molecule has 0 aromatic heterocycles. The number of hydrogen-bond donors (Lipinski definition) is 2. The quantitative estimate of drug-likeness (QED) is 0.728. The van der Waals surface area contributed by atoms with Crippen molar-refractivity contribution in [1.29, 1.82) is 0 Å². The third-order valence-electron chi connectivity index (χ3n) is 1.75. The van der Waals surface area contributed by atoms with E-state index in [0.29, 0.717) is 11.3 Å². The number of benzene rings is 1. The zero-order chi connectivity index (χ0) is 11.3. The molecule has 1 aromatic rings. The third kappa shape index (κ3) is 3.27. The first-order valence-corrected chi connectivity index (χ1v) is 4.47. The van der Waals surface area contributed by atoms with Crippen LogP contribution in [0.2, 0.25) is 0 Å². The number of nitrogens with two attached hydrogens (primary N) is 1. The van der Waals surface area contributed by atoms with E-state index in [1.54, 1.807) is 37.3 Å². The number of carbonyl (C=O) groups excluding carboxylic acids is 2. The van der Waals surface area contributed by atoms with Crippen LogP contribution in [0.5, 0.6) is 0 Å². The molecule has 1 rings (SSSR count). The molecule has 0 aliphatic carbocycles. The molecule has 2 amide bonds. The van der Waals surface area contributed by atoms with Crippen LogP contribution in [0.3, 0.4) is 0 Å². The molecule has 0 radical (unpaired) electrons. The van der Waals surface area contributed by atoms with Crippen molar-refractivity contribution < 1.29 is 9.59 Å². The van der Waals surface area contributed by atoms with Crippen molar-refractivity contribution in [1.82, 2.24) is 0 Å². The zero-order valence-corrected chi connectivity index (χ0v) is 8.36. The van der Waals surface area contributed by atoms with E-state index in [1.165, 1.54) is 6.08 Å². The van der Waals surface area contributed by atoms with Crippen LogP contribution in [-0.2, 0) is 4.79 Å². The second-order valence-electron chi connectivity index (χ2n) is 2.93. The van der Waals surface area contributed by atoms with Gasteiger partial charge in [-0.15, -0.1) is 0 Å². The lowest BCUT2D eigenvalue weighted by atomic mass is 10.2.